The minimum atomic E-state index is -0.238. The fourth-order valence-electron chi connectivity index (χ4n) is 2.43. The molecule has 0 fully saturated rings. The van der Waals surface area contributed by atoms with Crippen molar-refractivity contribution < 1.29 is 14.3 Å². The highest BCUT2D eigenvalue weighted by atomic mass is 16.5. The summed E-state index contributed by atoms with van der Waals surface area (Å²) in [7, 11) is 3.12. The van der Waals surface area contributed by atoms with E-state index in [1.165, 1.54) is 0 Å². The van der Waals surface area contributed by atoms with Gasteiger partial charge in [-0.3, -0.25) is 4.79 Å². The zero-order valence-electron chi connectivity index (χ0n) is 13.7. The molecular weight excluding hydrogens is 308 g/mol. The third kappa shape index (κ3) is 3.01. The van der Waals surface area contributed by atoms with Crippen molar-refractivity contribution in [3.63, 3.8) is 0 Å². The summed E-state index contributed by atoms with van der Waals surface area (Å²) < 4.78 is 12.2. The first-order valence-electron chi connectivity index (χ1n) is 7.52. The number of nitrogens with zero attached hydrogens (tertiary/aromatic N) is 3. The number of hydrogen-bond acceptors (Lipinski definition) is 5. The van der Waals surface area contributed by atoms with Gasteiger partial charge in [0, 0.05) is 36.0 Å². The Bertz CT molecular complexity index is 866. The van der Waals surface area contributed by atoms with E-state index in [2.05, 4.69) is 15.6 Å². The summed E-state index contributed by atoms with van der Waals surface area (Å²) in [6.45, 7) is 2.72. The van der Waals surface area contributed by atoms with Crippen molar-refractivity contribution in [2.45, 2.75) is 13.5 Å². The van der Waals surface area contributed by atoms with Gasteiger partial charge in [0.1, 0.15) is 17.0 Å². The van der Waals surface area contributed by atoms with E-state index in [1.807, 2.05) is 13.0 Å². The second-order valence-corrected chi connectivity index (χ2v) is 5.16. The van der Waals surface area contributed by atoms with Crippen molar-refractivity contribution in [3.05, 3.63) is 42.0 Å². The van der Waals surface area contributed by atoms with Crippen LogP contribution in [0, 0.1) is 0 Å². The molecule has 1 heterocycles. The number of anilines is 1. The Morgan fingerprint density at radius 3 is 2.46 bits per heavy atom. The fraction of sp³-hybridized carbons (Fsp3) is 0.235. The van der Waals surface area contributed by atoms with Gasteiger partial charge in [0.25, 0.3) is 5.91 Å². The van der Waals surface area contributed by atoms with Crippen molar-refractivity contribution in [1.29, 1.82) is 0 Å². The molecule has 124 valence electrons. The molecule has 7 heteroatoms. The average molecular weight is 326 g/mol. The van der Waals surface area contributed by atoms with Gasteiger partial charge in [0.15, 0.2) is 0 Å². The molecular formula is C17H18N4O3. The largest absolute Gasteiger partial charge is 0.497 e. The molecule has 1 aromatic heterocycles. The van der Waals surface area contributed by atoms with Gasteiger partial charge in [0.05, 0.1) is 19.7 Å². The van der Waals surface area contributed by atoms with Crippen LogP contribution in [0.2, 0.25) is 0 Å². The van der Waals surface area contributed by atoms with Gasteiger partial charge < -0.3 is 14.8 Å². The number of benzene rings is 2. The monoisotopic (exact) mass is 326 g/mol. The minimum absolute atomic E-state index is 0.238. The average Bonchev–Trinajstić information content (AvgIpc) is 3.03. The van der Waals surface area contributed by atoms with Crippen LogP contribution in [0.15, 0.2) is 36.4 Å². The molecule has 0 aliphatic heterocycles. The van der Waals surface area contributed by atoms with Crippen LogP contribution in [0.5, 0.6) is 11.5 Å². The minimum Gasteiger partial charge on any atom is -0.497 e. The SMILES string of the molecule is CCn1nnc2cc(C(=O)Nc3cc(OC)cc(OC)c3)ccc21. The summed E-state index contributed by atoms with van der Waals surface area (Å²) in [4.78, 5) is 12.5. The van der Waals surface area contributed by atoms with Crippen LogP contribution in [0.3, 0.4) is 0 Å². The molecule has 0 aliphatic carbocycles. The molecule has 2 aromatic carbocycles. The first-order valence-corrected chi connectivity index (χ1v) is 7.52. The molecule has 0 bridgehead atoms. The van der Waals surface area contributed by atoms with E-state index < -0.39 is 0 Å². The molecule has 0 saturated carbocycles. The lowest BCUT2D eigenvalue weighted by Gasteiger charge is -2.10. The van der Waals surface area contributed by atoms with Gasteiger partial charge in [-0.05, 0) is 25.1 Å². The summed E-state index contributed by atoms with van der Waals surface area (Å²) in [5.74, 6) is 0.968. The van der Waals surface area contributed by atoms with Gasteiger partial charge in [-0.2, -0.15) is 0 Å². The van der Waals surface area contributed by atoms with Crippen LogP contribution in [0.1, 0.15) is 17.3 Å². The molecule has 0 aliphatic rings. The predicted octanol–water partition coefficient (Wildman–Crippen LogP) is 2.72. The molecule has 1 amide bonds. The number of carbonyl (C=O) groups is 1. The predicted molar refractivity (Wildman–Crippen MR) is 90.7 cm³/mol. The summed E-state index contributed by atoms with van der Waals surface area (Å²) in [5, 5.41) is 11.0. The molecule has 0 unspecified atom stereocenters. The molecule has 24 heavy (non-hydrogen) atoms. The van der Waals surface area contributed by atoms with E-state index >= 15 is 0 Å². The first-order chi connectivity index (χ1) is 11.6. The number of ether oxygens (including phenoxy) is 2. The molecule has 0 spiro atoms. The fourth-order valence-corrected chi connectivity index (χ4v) is 2.43. The smallest absolute Gasteiger partial charge is 0.255 e. The molecule has 0 radical (unpaired) electrons. The lowest BCUT2D eigenvalue weighted by Crippen LogP contribution is -2.12. The first kappa shape index (κ1) is 15.8. The van der Waals surface area contributed by atoms with E-state index in [-0.39, 0.29) is 5.91 Å². The number of carbonyl (C=O) groups excluding carboxylic acids is 1. The van der Waals surface area contributed by atoms with Crippen LogP contribution < -0.4 is 14.8 Å². The van der Waals surface area contributed by atoms with E-state index in [1.54, 1.807) is 49.2 Å². The zero-order valence-corrected chi connectivity index (χ0v) is 13.7. The zero-order chi connectivity index (χ0) is 17.1. The maximum absolute atomic E-state index is 12.5. The molecule has 3 rings (SSSR count). The Hall–Kier alpha value is -3.09. The highest BCUT2D eigenvalue weighted by Gasteiger charge is 2.11. The van der Waals surface area contributed by atoms with Crippen molar-refractivity contribution in [3.8, 4) is 11.5 Å². The molecule has 3 aromatic rings. The standard InChI is InChI=1S/C17H18N4O3/c1-4-21-16-6-5-11(7-15(16)19-20-21)17(22)18-12-8-13(23-2)10-14(9-12)24-3/h5-10H,4H2,1-3H3,(H,18,22). The normalized spacial score (nSPS) is 10.6. The van der Waals surface area contributed by atoms with Crippen LogP contribution in [-0.4, -0.2) is 35.1 Å². The Kier molecular flexibility index (Phi) is 4.33. The van der Waals surface area contributed by atoms with Crippen molar-refractivity contribution >= 4 is 22.6 Å². The maximum atomic E-state index is 12.5. The van der Waals surface area contributed by atoms with Crippen molar-refractivity contribution in [2.24, 2.45) is 0 Å². The van der Waals surface area contributed by atoms with Crippen LogP contribution in [-0.2, 0) is 6.54 Å². The Balaban J connectivity index is 1.87. The second-order valence-electron chi connectivity index (χ2n) is 5.16. The number of hydrogen-bond donors (Lipinski definition) is 1. The maximum Gasteiger partial charge on any atom is 0.255 e. The summed E-state index contributed by atoms with van der Waals surface area (Å²) >= 11 is 0. The summed E-state index contributed by atoms with van der Waals surface area (Å²) in [6.07, 6.45) is 0. The Morgan fingerprint density at radius 2 is 1.83 bits per heavy atom. The van der Waals surface area contributed by atoms with Gasteiger partial charge in [-0.15, -0.1) is 5.10 Å². The molecule has 0 atom stereocenters. The number of aryl methyl sites for hydroxylation is 1. The van der Waals surface area contributed by atoms with Gasteiger partial charge in [0.2, 0.25) is 0 Å². The third-order valence-corrected chi connectivity index (χ3v) is 3.68. The molecule has 1 N–H and O–H groups in total. The highest BCUT2D eigenvalue weighted by molar-refractivity contribution is 6.06. The summed E-state index contributed by atoms with van der Waals surface area (Å²) in [5.41, 5.74) is 2.69. The van der Waals surface area contributed by atoms with E-state index in [0.29, 0.717) is 28.3 Å². The summed E-state index contributed by atoms with van der Waals surface area (Å²) in [6, 6.07) is 10.5. The lowest BCUT2D eigenvalue weighted by atomic mass is 10.1. The van der Waals surface area contributed by atoms with Crippen molar-refractivity contribution in [2.75, 3.05) is 19.5 Å². The number of nitrogens with one attached hydrogen (secondary N) is 1. The van der Waals surface area contributed by atoms with E-state index in [4.69, 9.17) is 9.47 Å². The highest BCUT2D eigenvalue weighted by Crippen LogP contribution is 2.26. The number of amides is 1. The number of aromatic nitrogens is 3. The van der Waals surface area contributed by atoms with Crippen LogP contribution in [0.4, 0.5) is 5.69 Å². The van der Waals surface area contributed by atoms with Crippen LogP contribution >= 0.6 is 0 Å². The quantitative estimate of drug-likeness (QED) is 0.780. The second kappa shape index (κ2) is 6.57. The van der Waals surface area contributed by atoms with Crippen molar-refractivity contribution in [1.82, 2.24) is 15.0 Å². The van der Waals surface area contributed by atoms with E-state index in [9.17, 15) is 4.79 Å². The molecule has 0 saturated heterocycles. The Morgan fingerprint density at radius 1 is 1.12 bits per heavy atom. The lowest BCUT2D eigenvalue weighted by molar-refractivity contribution is 0.102. The number of methoxy groups -OCH3 is 2. The van der Waals surface area contributed by atoms with Gasteiger partial charge >= 0.3 is 0 Å². The molecule has 7 nitrogen and oxygen atoms in total. The topological polar surface area (TPSA) is 78.3 Å². The van der Waals surface area contributed by atoms with Crippen LogP contribution in [0.25, 0.3) is 11.0 Å². The van der Waals surface area contributed by atoms with E-state index in [0.717, 1.165) is 12.1 Å². The number of fused-ring (bicyclic) bond motifs is 1. The Labute approximate surface area is 139 Å². The number of rotatable bonds is 5. The third-order valence-electron chi connectivity index (χ3n) is 3.68. The van der Waals surface area contributed by atoms with Gasteiger partial charge in [-0.25, -0.2) is 4.68 Å². The van der Waals surface area contributed by atoms with Gasteiger partial charge in [-0.1, -0.05) is 5.21 Å².